The fraction of sp³-hybridized carbons (Fsp3) is 0.333. The molecule has 0 fully saturated rings. The Labute approximate surface area is 157 Å². The smallest absolute Gasteiger partial charge is 0.328 e. The number of hydrogen-bond donors (Lipinski definition) is 4. The highest BCUT2D eigenvalue weighted by atomic mass is 16.4. The Kier molecular flexibility index (Phi) is 5.19. The first-order chi connectivity index (χ1) is 12.8. The number of aliphatic hydroxyl groups is 1. The summed E-state index contributed by atoms with van der Waals surface area (Å²) in [5, 5.41) is 40.0. The predicted octanol–water partition coefficient (Wildman–Crippen LogP) is 2.83. The molecule has 0 saturated carbocycles. The second-order valence-electron chi connectivity index (χ2n) is 7.26. The maximum atomic E-state index is 11.7. The lowest BCUT2D eigenvalue weighted by atomic mass is 9.82. The molecule has 0 heterocycles. The molecule has 0 aromatic heterocycles. The lowest BCUT2D eigenvalue weighted by molar-refractivity contribution is -0.138. The predicted molar refractivity (Wildman–Crippen MR) is 101 cm³/mol. The molecule has 1 atom stereocenters. The van der Waals surface area contributed by atoms with Gasteiger partial charge in [-0.15, -0.1) is 0 Å². The normalized spacial score (nSPS) is 15.5. The van der Waals surface area contributed by atoms with Crippen LogP contribution >= 0.6 is 0 Å². The minimum Gasteiger partial charge on any atom is -0.507 e. The summed E-state index contributed by atoms with van der Waals surface area (Å²) in [4.78, 5) is 16.2. The van der Waals surface area contributed by atoms with Crippen LogP contribution in [0.4, 0.5) is 0 Å². The van der Waals surface area contributed by atoms with Crippen LogP contribution in [0.3, 0.4) is 0 Å². The maximum absolute atomic E-state index is 11.7. The van der Waals surface area contributed by atoms with Crippen LogP contribution in [-0.2, 0) is 17.8 Å². The van der Waals surface area contributed by atoms with Crippen molar-refractivity contribution in [3.05, 3.63) is 58.1 Å². The Hall–Kier alpha value is -2.86. The quantitative estimate of drug-likeness (QED) is 0.553. The summed E-state index contributed by atoms with van der Waals surface area (Å²) in [6.45, 7) is 3.62. The summed E-state index contributed by atoms with van der Waals surface area (Å²) in [6, 6.07) is 7.31. The summed E-state index contributed by atoms with van der Waals surface area (Å²) in [6.07, 6.45) is 0.786. The SMILES string of the molecule is CC(C)C[C@H](N=C1c2c(O)cccc2Cc2cc(CO)cc(O)c21)C(=O)O. The molecule has 1 aliphatic rings. The number of benzene rings is 2. The van der Waals surface area contributed by atoms with Crippen molar-refractivity contribution in [2.75, 3.05) is 0 Å². The van der Waals surface area contributed by atoms with Crippen LogP contribution in [0, 0.1) is 5.92 Å². The number of nitrogens with zero attached hydrogens (tertiary/aromatic N) is 1. The lowest BCUT2D eigenvalue weighted by Crippen LogP contribution is -2.25. The van der Waals surface area contributed by atoms with Crippen molar-refractivity contribution in [1.82, 2.24) is 0 Å². The number of carboxylic acid groups (broad SMARTS) is 1. The average Bonchev–Trinajstić information content (AvgIpc) is 2.59. The van der Waals surface area contributed by atoms with Crippen molar-refractivity contribution in [2.45, 2.75) is 39.3 Å². The number of fused-ring (bicyclic) bond motifs is 2. The molecular formula is C21H23NO5. The van der Waals surface area contributed by atoms with Gasteiger partial charge in [0.2, 0.25) is 0 Å². The Bertz CT molecular complexity index is 917. The van der Waals surface area contributed by atoms with E-state index < -0.39 is 12.0 Å². The Morgan fingerprint density at radius 3 is 2.44 bits per heavy atom. The van der Waals surface area contributed by atoms with Crippen LogP contribution in [0.2, 0.25) is 0 Å². The molecule has 0 aliphatic heterocycles. The molecule has 2 aromatic carbocycles. The number of hydrogen-bond acceptors (Lipinski definition) is 5. The Balaban J connectivity index is 2.26. The van der Waals surface area contributed by atoms with E-state index in [9.17, 15) is 25.2 Å². The summed E-state index contributed by atoms with van der Waals surface area (Å²) >= 11 is 0. The van der Waals surface area contributed by atoms with E-state index in [1.54, 1.807) is 12.1 Å². The molecule has 0 saturated heterocycles. The molecule has 3 rings (SSSR count). The van der Waals surface area contributed by atoms with Crippen LogP contribution in [-0.4, -0.2) is 38.1 Å². The fourth-order valence-electron chi connectivity index (χ4n) is 3.53. The summed E-state index contributed by atoms with van der Waals surface area (Å²) in [5.41, 5.74) is 3.24. The number of carboxylic acids is 1. The van der Waals surface area contributed by atoms with Crippen molar-refractivity contribution < 1.29 is 25.2 Å². The highest BCUT2D eigenvalue weighted by Crippen LogP contribution is 2.38. The van der Waals surface area contributed by atoms with E-state index in [0.29, 0.717) is 29.5 Å². The van der Waals surface area contributed by atoms with Crippen LogP contribution in [0.1, 0.15) is 48.1 Å². The largest absolute Gasteiger partial charge is 0.507 e. The van der Waals surface area contributed by atoms with Gasteiger partial charge in [-0.3, -0.25) is 4.99 Å². The molecule has 1 aliphatic carbocycles. The van der Waals surface area contributed by atoms with Crippen molar-refractivity contribution in [3.63, 3.8) is 0 Å². The number of rotatable bonds is 5. The Morgan fingerprint density at radius 1 is 1.11 bits per heavy atom. The van der Waals surface area contributed by atoms with Crippen molar-refractivity contribution in [2.24, 2.45) is 10.9 Å². The van der Waals surface area contributed by atoms with Gasteiger partial charge in [0.05, 0.1) is 12.3 Å². The highest BCUT2D eigenvalue weighted by molar-refractivity contribution is 6.19. The molecule has 27 heavy (non-hydrogen) atoms. The van der Waals surface area contributed by atoms with Gasteiger partial charge in [0.25, 0.3) is 0 Å². The van der Waals surface area contributed by atoms with Crippen LogP contribution in [0.15, 0.2) is 35.3 Å². The minimum absolute atomic E-state index is 0.00350. The number of aromatic hydroxyl groups is 2. The van der Waals surface area contributed by atoms with Crippen molar-refractivity contribution >= 4 is 11.7 Å². The van der Waals surface area contributed by atoms with Crippen LogP contribution in [0.25, 0.3) is 0 Å². The molecule has 6 heteroatoms. The minimum atomic E-state index is -1.05. The molecule has 4 N–H and O–H groups in total. The first-order valence-corrected chi connectivity index (χ1v) is 8.89. The zero-order valence-electron chi connectivity index (χ0n) is 15.3. The van der Waals surface area contributed by atoms with Gasteiger partial charge in [-0.25, -0.2) is 4.79 Å². The number of aliphatic hydroxyl groups excluding tert-OH is 1. The number of carbonyl (C=O) groups is 1. The third-order valence-electron chi connectivity index (χ3n) is 4.69. The van der Waals surface area contributed by atoms with Gasteiger partial charge < -0.3 is 20.4 Å². The molecule has 6 nitrogen and oxygen atoms in total. The van der Waals surface area contributed by atoms with Gasteiger partial charge in [-0.05, 0) is 47.6 Å². The molecule has 0 bridgehead atoms. The van der Waals surface area contributed by atoms with Gasteiger partial charge in [0, 0.05) is 11.1 Å². The second kappa shape index (κ2) is 7.40. The van der Waals surface area contributed by atoms with Crippen LogP contribution in [0.5, 0.6) is 11.5 Å². The van der Waals surface area contributed by atoms with Gasteiger partial charge >= 0.3 is 5.97 Å². The third kappa shape index (κ3) is 3.66. The van der Waals surface area contributed by atoms with E-state index in [-0.39, 0.29) is 29.7 Å². The third-order valence-corrected chi connectivity index (χ3v) is 4.69. The van der Waals surface area contributed by atoms with Gasteiger partial charge in [0.1, 0.15) is 17.5 Å². The second-order valence-corrected chi connectivity index (χ2v) is 7.26. The topological polar surface area (TPSA) is 110 Å². The Morgan fingerprint density at radius 2 is 1.81 bits per heavy atom. The first-order valence-electron chi connectivity index (χ1n) is 8.89. The molecule has 0 spiro atoms. The van der Waals surface area contributed by atoms with E-state index in [0.717, 1.165) is 11.1 Å². The summed E-state index contributed by atoms with van der Waals surface area (Å²) in [7, 11) is 0. The monoisotopic (exact) mass is 369 g/mol. The molecule has 0 amide bonds. The number of phenolic OH excluding ortho intramolecular Hbond substituents is 2. The number of phenols is 2. The molecule has 0 radical (unpaired) electrons. The number of aliphatic carboxylic acids is 1. The van der Waals surface area contributed by atoms with E-state index in [1.807, 2.05) is 19.9 Å². The fourth-order valence-corrected chi connectivity index (χ4v) is 3.53. The molecule has 142 valence electrons. The summed E-state index contributed by atoms with van der Waals surface area (Å²) < 4.78 is 0. The summed E-state index contributed by atoms with van der Waals surface area (Å²) in [5.74, 6) is -1.02. The average molecular weight is 369 g/mol. The van der Waals surface area contributed by atoms with Gasteiger partial charge in [-0.1, -0.05) is 32.0 Å². The molecule has 0 unspecified atom stereocenters. The first kappa shape index (κ1) is 18.9. The standard InChI is InChI=1S/C21H23NO5/c1-11(2)6-15(21(26)27)22-20-18-13(4-3-5-16(18)24)9-14-7-12(10-23)8-17(25)19(14)20/h3-5,7-8,11,15,23-25H,6,9-10H2,1-2H3,(H,26,27)/t15-/m0/s1. The zero-order chi connectivity index (χ0) is 19.7. The van der Waals surface area contributed by atoms with E-state index in [2.05, 4.69) is 4.99 Å². The maximum Gasteiger partial charge on any atom is 0.328 e. The number of aliphatic imine (C=N–C) groups is 1. The van der Waals surface area contributed by atoms with Gasteiger partial charge in [0.15, 0.2) is 0 Å². The van der Waals surface area contributed by atoms with E-state index in [1.165, 1.54) is 12.1 Å². The lowest BCUT2D eigenvalue weighted by Gasteiger charge is -2.25. The van der Waals surface area contributed by atoms with Gasteiger partial charge in [-0.2, -0.15) is 0 Å². The van der Waals surface area contributed by atoms with Crippen LogP contribution < -0.4 is 0 Å². The molecular weight excluding hydrogens is 346 g/mol. The zero-order valence-corrected chi connectivity index (χ0v) is 15.3. The van der Waals surface area contributed by atoms with E-state index in [4.69, 9.17) is 0 Å². The highest BCUT2D eigenvalue weighted by Gasteiger charge is 2.29. The van der Waals surface area contributed by atoms with Crippen molar-refractivity contribution in [1.29, 1.82) is 0 Å². The molecule has 2 aromatic rings. The van der Waals surface area contributed by atoms with E-state index >= 15 is 0 Å². The van der Waals surface area contributed by atoms with Crippen molar-refractivity contribution in [3.8, 4) is 11.5 Å².